The van der Waals surface area contributed by atoms with E-state index in [1.165, 1.54) is 7.11 Å². The van der Waals surface area contributed by atoms with Gasteiger partial charge in [0.1, 0.15) is 11.5 Å². The molecule has 0 spiro atoms. The van der Waals surface area contributed by atoms with Crippen molar-refractivity contribution in [2.45, 2.75) is 13.3 Å². The number of fused-ring (bicyclic) bond motifs is 1. The number of methoxy groups -OCH3 is 3. The summed E-state index contributed by atoms with van der Waals surface area (Å²) in [6, 6.07) is 3.66. The average molecular weight is 277 g/mol. The van der Waals surface area contributed by atoms with Crippen molar-refractivity contribution in [2.75, 3.05) is 32.8 Å². The third-order valence-corrected chi connectivity index (χ3v) is 3.36. The van der Waals surface area contributed by atoms with Crippen LogP contribution in [0.2, 0.25) is 0 Å². The Balaban J connectivity index is 2.60. The fraction of sp³-hybridized carbons (Fsp3) is 0.400. The minimum Gasteiger partial charge on any atom is -0.497 e. The highest BCUT2D eigenvalue weighted by Gasteiger charge is 2.25. The Labute approximate surface area is 118 Å². The number of anilines is 1. The Kier molecular flexibility index (Phi) is 4.17. The minimum absolute atomic E-state index is 0.392. The van der Waals surface area contributed by atoms with E-state index in [2.05, 4.69) is 6.08 Å². The zero-order valence-electron chi connectivity index (χ0n) is 12.2. The van der Waals surface area contributed by atoms with Crippen LogP contribution in [0, 0.1) is 0 Å². The predicted molar refractivity (Wildman–Crippen MR) is 76.8 cm³/mol. The first kappa shape index (κ1) is 14.2. The molecule has 1 heterocycles. The van der Waals surface area contributed by atoms with E-state index >= 15 is 0 Å². The second-order valence-electron chi connectivity index (χ2n) is 4.64. The molecule has 0 unspecified atom stereocenters. The highest BCUT2D eigenvalue weighted by Crippen LogP contribution is 2.37. The molecule has 5 nitrogen and oxygen atoms in total. The molecule has 0 atom stereocenters. The van der Waals surface area contributed by atoms with Crippen molar-refractivity contribution in [2.24, 2.45) is 0 Å². The van der Waals surface area contributed by atoms with Crippen molar-refractivity contribution in [3.8, 4) is 11.5 Å². The molecule has 0 aromatic heterocycles. The molecule has 1 aromatic rings. The van der Waals surface area contributed by atoms with E-state index in [-0.39, 0.29) is 0 Å². The van der Waals surface area contributed by atoms with Crippen LogP contribution in [-0.2, 0) is 11.2 Å². The van der Waals surface area contributed by atoms with E-state index in [4.69, 9.17) is 14.2 Å². The molecule has 5 heteroatoms. The van der Waals surface area contributed by atoms with E-state index in [0.29, 0.717) is 24.5 Å². The summed E-state index contributed by atoms with van der Waals surface area (Å²) in [5.41, 5.74) is 2.82. The maximum Gasteiger partial charge on any atom is 0.414 e. The maximum absolute atomic E-state index is 12.0. The monoisotopic (exact) mass is 277 g/mol. The summed E-state index contributed by atoms with van der Waals surface area (Å²) >= 11 is 0. The lowest BCUT2D eigenvalue weighted by atomic mass is 10.1. The van der Waals surface area contributed by atoms with Crippen molar-refractivity contribution >= 4 is 11.8 Å². The quantitative estimate of drug-likeness (QED) is 0.780. The molecule has 108 valence electrons. The van der Waals surface area contributed by atoms with Gasteiger partial charge in [0, 0.05) is 24.2 Å². The SMILES string of the molecule is COC(=O)N1CC(C)=CCc2c(OC)cc(OC)cc21. The smallest absolute Gasteiger partial charge is 0.414 e. The van der Waals surface area contributed by atoms with Gasteiger partial charge in [-0.05, 0) is 13.3 Å². The second-order valence-corrected chi connectivity index (χ2v) is 4.64. The fourth-order valence-electron chi connectivity index (χ4n) is 2.30. The average Bonchev–Trinajstić information content (AvgIpc) is 2.64. The number of ether oxygens (including phenoxy) is 3. The number of nitrogens with zero attached hydrogens (tertiary/aromatic N) is 1. The summed E-state index contributed by atoms with van der Waals surface area (Å²) < 4.78 is 15.6. The molecule has 1 aliphatic rings. The van der Waals surface area contributed by atoms with Crippen LogP contribution in [-0.4, -0.2) is 34.0 Å². The summed E-state index contributed by atoms with van der Waals surface area (Å²) in [5, 5.41) is 0. The van der Waals surface area contributed by atoms with Gasteiger partial charge in [0.05, 0.1) is 27.0 Å². The van der Waals surface area contributed by atoms with Crippen LogP contribution in [0.5, 0.6) is 11.5 Å². The molecule has 0 bridgehead atoms. The van der Waals surface area contributed by atoms with Crippen LogP contribution >= 0.6 is 0 Å². The summed E-state index contributed by atoms with van der Waals surface area (Å²) in [6.07, 6.45) is 2.41. The molecule has 0 N–H and O–H groups in total. The molecule has 0 aliphatic carbocycles. The van der Waals surface area contributed by atoms with Gasteiger partial charge >= 0.3 is 6.09 Å². The number of allylic oxidation sites excluding steroid dienone is 1. The van der Waals surface area contributed by atoms with Gasteiger partial charge in [-0.3, -0.25) is 4.90 Å². The number of carbonyl (C=O) groups is 1. The maximum atomic E-state index is 12.0. The second kappa shape index (κ2) is 5.86. The molecule has 1 aromatic carbocycles. The molecule has 0 saturated heterocycles. The molecule has 0 fully saturated rings. The Morgan fingerprint density at radius 1 is 1.20 bits per heavy atom. The lowest BCUT2D eigenvalue weighted by molar-refractivity contribution is 0.179. The Morgan fingerprint density at radius 3 is 2.55 bits per heavy atom. The zero-order chi connectivity index (χ0) is 14.7. The van der Waals surface area contributed by atoms with Gasteiger partial charge in [0.15, 0.2) is 0 Å². The number of benzene rings is 1. The van der Waals surface area contributed by atoms with Gasteiger partial charge in [0.25, 0.3) is 0 Å². The molecule has 1 aliphatic heterocycles. The highest BCUT2D eigenvalue weighted by molar-refractivity contribution is 5.90. The van der Waals surface area contributed by atoms with E-state index in [0.717, 1.165) is 16.8 Å². The van der Waals surface area contributed by atoms with Gasteiger partial charge in [0.2, 0.25) is 0 Å². The van der Waals surface area contributed by atoms with E-state index in [1.807, 2.05) is 19.1 Å². The number of amides is 1. The van der Waals surface area contributed by atoms with Crippen molar-refractivity contribution in [3.63, 3.8) is 0 Å². The first-order valence-corrected chi connectivity index (χ1v) is 6.36. The predicted octanol–water partition coefficient (Wildman–Crippen LogP) is 2.78. The van der Waals surface area contributed by atoms with Crippen molar-refractivity contribution in [1.29, 1.82) is 0 Å². The van der Waals surface area contributed by atoms with Crippen LogP contribution in [0.3, 0.4) is 0 Å². The number of hydrogen-bond donors (Lipinski definition) is 0. The van der Waals surface area contributed by atoms with Crippen molar-refractivity contribution in [3.05, 3.63) is 29.3 Å². The van der Waals surface area contributed by atoms with Crippen LogP contribution < -0.4 is 14.4 Å². The highest BCUT2D eigenvalue weighted by atomic mass is 16.5. The zero-order valence-corrected chi connectivity index (χ0v) is 12.2. The van der Waals surface area contributed by atoms with Gasteiger partial charge in [-0.15, -0.1) is 0 Å². The van der Waals surface area contributed by atoms with E-state index < -0.39 is 6.09 Å². The molecular weight excluding hydrogens is 258 g/mol. The van der Waals surface area contributed by atoms with E-state index in [1.54, 1.807) is 19.1 Å². The molecular formula is C15H19NO4. The first-order chi connectivity index (χ1) is 9.60. The van der Waals surface area contributed by atoms with Gasteiger partial charge < -0.3 is 14.2 Å². The summed E-state index contributed by atoms with van der Waals surface area (Å²) in [6.45, 7) is 2.49. The largest absolute Gasteiger partial charge is 0.497 e. The summed E-state index contributed by atoms with van der Waals surface area (Å²) in [4.78, 5) is 13.6. The molecule has 1 amide bonds. The minimum atomic E-state index is -0.392. The number of rotatable bonds is 2. The van der Waals surface area contributed by atoms with Crippen LogP contribution in [0.1, 0.15) is 12.5 Å². The molecule has 20 heavy (non-hydrogen) atoms. The summed E-state index contributed by atoms with van der Waals surface area (Å²) in [5.74, 6) is 1.35. The third kappa shape index (κ3) is 2.57. The van der Waals surface area contributed by atoms with Gasteiger partial charge in [-0.2, -0.15) is 0 Å². The normalized spacial score (nSPS) is 14.0. The van der Waals surface area contributed by atoms with E-state index in [9.17, 15) is 4.79 Å². The lowest BCUT2D eigenvalue weighted by Gasteiger charge is -2.23. The first-order valence-electron chi connectivity index (χ1n) is 6.36. The Hall–Kier alpha value is -2.17. The standard InChI is InChI=1S/C15H19NO4/c1-10-5-6-12-13(16(9-10)15(17)20-4)7-11(18-2)8-14(12)19-3/h5,7-8H,6,9H2,1-4H3. The Morgan fingerprint density at radius 2 is 1.95 bits per heavy atom. The van der Waals surface area contributed by atoms with Crippen molar-refractivity contribution in [1.82, 2.24) is 0 Å². The number of carbonyl (C=O) groups excluding carboxylic acids is 1. The van der Waals surface area contributed by atoms with Crippen LogP contribution in [0.4, 0.5) is 10.5 Å². The molecule has 2 rings (SSSR count). The van der Waals surface area contributed by atoms with Crippen LogP contribution in [0.15, 0.2) is 23.8 Å². The van der Waals surface area contributed by atoms with Crippen LogP contribution in [0.25, 0.3) is 0 Å². The third-order valence-electron chi connectivity index (χ3n) is 3.36. The molecule has 0 radical (unpaired) electrons. The molecule has 0 saturated carbocycles. The Bertz CT molecular complexity index is 551. The number of hydrogen-bond acceptors (Lipinski definition) is 4. The summed E-state index contributed by atoms with van der Waals surface area (Å²) in [7, 11) is 4.58. The lowest BCUT2D eigenvalue weighted by Crippen LogP contribution is -2.32. The van der Waals surface area contributed by atoms with Crippen molar-refractivity contribution < 1.29 is 19.0 Å². The topological polar surface area (TPSA) is 48.0 Å². The fourth-order valence-corrected chi connectivity index (χ4v) is 2.30. The van der Waals surface area contributed by atoms with Gasteiger partial charge in [-0.25, -0.2) is 4.79 Å². The van der Waals surface area contributed by atoms with Gasteiger partial charge in [-0.1, -0.05) is 11.6 Å².